The molecule has 2 fully saturated rings. The van der Waals surface area contributed by atoms with Crippen LogP contribution in [-0.4, -0.2) is 42.1 Å². The van der Waals surface area contributed by atoms with E-state index in [0.717, 1.165) is 18.9 Å². The Kier molecular flexibility index (Phi) is 4.24. The monoisotopic (exact) mass is 382 g/mol. The molecule has 1 aliphatic carbocycles. The molecule has 4 rings (SSSR count). The van der Waals surface area contributed by atoms with E-state index in [9.17, 15) is 14.0 Å². The number of hydrogen-bond donors (Lipinski definition) is 1. The molecule has 0 bridgehead atoms. The van der Waals surface area contributed by atoms with Gasteiger partial charge in [-0.25, -0.2) is 9.18 Å². The second-order valence-electron chi connectivity index (χ2n) is 6.35. The van der Waals surface area contributed by atoms with Crippen molar-refractivity contribution in [2.75, 3.05) is 31.2 Å². The molecule has 1 aliphatic heterocycles. The van der Waals surface area contributed by atoms with Crippen LogP contribution in [0, 0.1) is 5.82 Å². The van der Waals surface area contributed by atoms with Crippen LogP contribution in [0.15, 0.2) is 17.1 Å². The molecule has 26 heavy (non-hydrogen) atoms. The second-order valence-corrected chi connectivity index (χ2v) is 6.72. The number of fused-ring (bicyclic) bond motifs is 1. The minimum atomic E-state index is -1.60. The van der Waals surface area contributed by atoms with E-state index >= 15 is 0 Å². The quantitative estimate of drug-likeness (QED) is 0.822. The summed E-state index contributed by atoms with van der Waals surface area (Å²) in [4.78, 5) is 25.2. The van der Waals surface area contributed by atoms with Crippen LogP contribution in [-0.2, 0) is 4.74 Å². The molecule has 2 heterocycles. The van der Waals surface area contributed by atoms with Gasteiger partial charge >= 0.3 is 6.16 Å². The first kappa shape index (κ1) is 17.1. The largest absolute Gasteiger partial charge is 0.511 e. The number of benzene rings is 1. The van der Waals surface area contributed by atoms with E-state index in [0.29, 0.717) is 31.8 Å². The zero-order valence-corrected chi connectivity index (χ0v) is 14.5. The molecule has 7 nitrogen and oxygen atoms in total. The number of aromatic nitrogens is 1. The van der Waals surface area contributed by atoms with Crippen molar-refractivity contribution in [2.24, 2.45) is 0 Å². The molecule has 1 saturated carbocycles. The van der Waals surface area contributed by atoms with E-state index in [4.69, 9.17) is 21.4 Å². The molecule has 9 heteroatoms. The molecule has 0 radical (unpaired) electrons. The van der Waals surface area contributed by atoms with Gasteiger partial charge in [-0.15, -0.1) is 0 Å². The van der Waals surface area contributed by atoms with Crippen molar-refractivity contribution in [2.45, 2.75) is 18.9 Å². The number of nitrogens with zero attached hydrogens (tertiary/aromatic N) is 2. The summed E-state index contributed by atoms with van der Waals surface area (Å²) >= 11 is 6.55. The number of carboxylic acid groups (broad SMARTS) is 1. The second kappa shape index (κ2) is 6.44. The fourth-order valence-corrected chi connectivity index (χ4v) is 3.70. The molecule has 1 aromatic heterocycles. The van der Waals surface area contributed by atoms with Gasteiger partial charge in [-0.1, -0.05) is 11.6 Å². The van der Waals surface area contributed by atoms with E-state index in [-0.39, 0.29) is 27.9 Å². The fourth-order valence-electron chi connectivity index (χ4n) is 3.29. The Morgan fingerprint density at radius 3 is 2.65 bits per heavy atom. The van der Waals surface area contributed by atoms with Crippen molar-refractivity contribution in [3.8, 4) is 5.75 Å². The molecule has 0 unspecified atom stereocenters. The number of anilines is 1. The average molecular weight is 383 g/mol. The van der Waals surface area contributed by atoms with Gasteiger partial charge in [-0.05, 0) is 18.9 Å². The third kappa shape index (κ3) is 2.89. The summed E-state index contributed by atoms with van der Waals surface area (Å²) < 4.78 is 26.4. The minimum Gasteiger partial charge on any atom is -0.449 e. The molecule has 0 spiro atoms. The first-order valence-corrected chi connectivity index (χ1v) is 8.65. The third-order valence-electron chi connectivity index (χ3n) is 4.62. The zero-order valence-electron chi connectivity index (χ0n) is 13.7. The van der Waals surface area contributed by atoms with E-state index in [1.807, 2.05) is 0 Å². The van der Waals surface area contributed by atoms with Crippen molar-refractivity contribution >= 4 is 34.3 Å². The van der Waals surface area contributed by atoms with Crippen LogP contribution in [0.1, 0.15) is 18.9 Å². The van der Waals surface area contributed by atoms with Crippen molar-refractivity contribution in [3.05, 3.63) is 33.3 Å². The van der Waals surface area contributed by atoms with Crippen LogP contribution < -0.4 is 15.1 Å². The maximum atomic E-state index is 14.8. The van der Waals surface area contributed by atoms with Crippen molar-refractivity contribution in [1.29, 1.82) is 0 Å². The van der Waals surface area contributed by atoms with Crippen LogP contribution in [0.2, 0.25) is 5.02 Å². The third-order valence-corrected chi connectivity index (χ3v) is 4.97. The van der Waals surface area contributed by atoms with Gasteiger partial charge in [0.1, 0.15) is 5.82 Å². The first-order valence-electron chi connectivity index (χ1n) is 8.27. The lowest BCUT2D eigenvalue weighted by Gasteiger charge is -2.30. The molecule has 1 saturated heterocycles. The molecular weight excluding hydrogens is 367 g/mol. The highest BCUT2D eigenvalue weighted by atomic mass is 35.5. The highest BCUT2D eigenvalue weighted by molar-refractivity contribution is 6.38. The average Bonchev–Trinajstić information content (AvgIpc) is 3.43. The summed E-state index contributed by atoms with van der Waals surface area (Å²) in [5.74, 6) is -0.984. The van der Waals surface area contributed by atoms with Crippen LogP contribution in [0.3, 0.4) is 0 Å². The van der Waals surface area contributed by atoms with Crippen LogP contribution in [0.25, 0.3) is 10.9 Å². The van der Waals surface area contributed by atoms with Crippen molar-refractivity contribution in [3.63, 3.8) is 0 Å². The summed E-state index contributed by atoms with van der Waals surface area (Å²) in [6.07, 6.45) is 1.49. The Labute approximate surface area is 152 Å². The Hall–Kier alpha value is -2.32. The van der Waals surface area contributed by atoms with Gasteiger partial charge in [0.2, 0.25) is 5.43 Å². The number of carbonyl (C=O) groups is 1. The van der Waals surface area contributed by atoms with Gasteiger partial charge in [0.15, 0.2) is 5.75 Å². The van der Waals surface area contributed by atoms with Gasteiger partial charge in [-0.2, -0.15) is 0 Å². The lowest BCUT2D eigenvalue weighted by Crippen LogP contribution is -2.37. The van der Waals surface area contributed by atoms with Gasteiger partial charge in [0.05, 0.1) is 41.0 Å². The van der Waals surface area contributed by atoms with Crippen molar-refractivity contribution in [1.82, 2.24) is 4.57 Å². The molecule has 138 valence electrons. The van der Waals surface area contributed by atoms with Gasteiger partial charge in [0, 0.05) is 19.1 Å². The summed E-state index contributed by atoms with van der Waals surface area (Å²) in [6, 6.07) is 1.19. The van der Waals surface area contributed by atoms with Gasteiger partial charge in [0.25, 0.3) is 0 Å². The van der Waals surface area contributed by atoms with E-state index in [1.165, 1.54) is 6.20 Å². The molecule has 2 aromatic rings. The molecule has 2 aliphatic rings. The predicted octanol–water partition coefficient (Wildman–Crippen LogP) is 3.02. The smallest absolute Gasteiger partial charge is 0.449 e. The first-order chi connectivity index (χ1) is 12.5. The molecule has 0 atom stereocenters. The van der Waals surface area contributed by atoms with Crippen molar-refractivity contribution < 1.29 is 23.8 Å². The summed E-state index contributed by atoms with van der Waals surface area (Å²) in [6.45, 7) is 1.93. The maximum Gasteiger partial charge on any atom is 0.511 e. The van der Waals surface area contributed by atoms with Crippen LogP contribution in [0.4, 0.5) is 14.9 Å². The predicted molar refractivity (Wildman–Crippen MR) is 93.1 cm³/mol. The summed E-state index contributed by atoms with van der Waals surface area (Å²) in [5, 5.41) is 9.00. The van der Waals surface area contributed by atoms with E-state index in [2.05, 4.69) is 4.74 Å². The number of halogens is 2. The fraction of sp³-hybridized carbons (Fsp3) is 0.412. The van der Waals surface area contributed by atoms with E-state index in [1.54, 1.807) is 9.47 Å². The Bertz CT molecular complexity index is 951. The highest BCUT2D eigenvalue weighted by Gasteiger charge is 2.30. The Morgan fingerprint density at radius 1 is 1.35 bits per heavy atom. The number of ether oxygens (including phenoxy) is 2. The maximum absolute atomic E-state index is 14.8. The van der Waals surface area contributed by atoms with Crippen LogP contribution in [0.5, 0.6) is 5.75 Å². The summed E-state index contributed by atoms with van der Waals surface area (Å²) in [7, 11) is 0. The molecule has 1 aromatic carbocycles. The SMILES string of the molecule is O=C(O)Oc1cn(C2CC2)c2c(Cl)c(N3CCOCC3)c(F)cc2c1=O. The lowest BCUT2D eigenvalue weighted by atomic mass is 10.1. The minimum absolute atomic E-state index is 0.00941. The number of hydrogen-bond acceptors (Lipinski definition) is 5. The number of pyridine rings is 1. The number of rotatable bonds is 3. The lowest BCUT2D eigenvalue weighted by molar-refractivity contribution is 0.122. The van der Waals surface area contributed by atoms with Gasteiger partial charge in [-0.3, -0.25) is 4.79 Å². The molecular formula is C17H16ClFN2O5. The summed E-state index contributed by atoms with van der Waals surface area (Å²) in [5.41, 5.74) is -0.0587. The van der Waals surface area contributed by atoms with Crippen LogP contribution >= 0.6 is 11.6 Å². The Balaban J connectivity index is 1.97. The standard InChI is InChI=1S/C17H16ClFN2O5/c18-13-14-10(7-11(19)15(13)20-3-5-25-6-4-20)16(22)12(26-17(23)24)8-21(14)9-1-2-9/h7-9H,1-6H2,(H,23,24). The molecule has 1 N–H and O–H groups in total. The number of morpholine rings is 1. The van der Waals surface area contributed by atoms with Gasteiger partial charge < -0.3 is 24.0 Å². The molecule has 0 amide bonds. The topological polar surface area (TPSA) is 81.0 Å². The zero-order chi connectivity index (χ0) is 18.4. The van der Waals surface area contributed by atoms with E-state index < -0.39 is 17.4 Å². The Morgan fingerprint density at radius 2 is 2.04 bits per heavy atom. The highest BCUT2D eigenvalue weighted by Crippen LogP contribution is 2.42. The normalized spacial score (nSPS) is 17.5.